The average molecular weight is 338 g/mol. The zero-order valence-corrected chi connectivity index (χ0v) is 16.0. The Morgan fingerprint density at radius 3 is 2.08 bits per heavy atom. The summed E-state index contributed by atoms with van der Waals surface area (Å²) >= 11 is 0. The van der Waals surface area contributed by atoms with E-state index in [2.05, 4.69) is 30.9 Å². The molecule has 0 bridgehead atoms. The molecule has 0 N–H and O–H groups in total. The molecule has 2 aromatic rings. The van der Waals surface area contributed by atoms with Crippen molar-refractivity contribution in [2.24, 2.45) is 0 Å². The van der Waals surface area contributed by atoms with Crippen molar-refractivity contribution < 1.29 is 4.79 Å². The zero-order valence-electron chi connectivity index (χ0n) is 16.0. The molecule has 2 rings (SSSR count). The molecule has 0 aliphatic rings. The number of amides is 1. The Kier molecular flexibility index (Phi) is 7.20. The van der Waals surface area contributed by atoms with E-state index in [-0.39, 0.29) is 5.91 Å². The molecule has 0 atom stereocenters. The number of rotatable bonds is 8. The first-order valence-electron chi connectivity index (χ1n) is 9.21. The monoisotopic (exact) mass is 338 g/mol. The fraction of sp³-hybridized carbons (Fsp3) is 0.409. The zero-order chi connectivity index (χ0) is 18.2. The van der Waals surface area contributed by atoms with Crippen molar-refractivity contribution in [3.63, 3.8) is 0 Å². The Hall–Kier alpha value is -2.13. The van der Waals surface area contributed by atoms with Crippen molar-refractivity contribution in [3.8, 4) is 0 Å². The predicted molar refractivity (Wildman–Crippen MR) is 106 cm³/mol. The van der Waals surface area contributed by atoms with Gasteiger partial charge in [-0.25, -0.2) is 0 Å². The van der Waals surface area contributed by atoms with Crippen LogP contribution in [0, 0.1) is 6.92 Å². The molecule has 3 heteroatoms. The topological polar surface area (TPSA) is 23.6 Å². The van der Waals surface area contributed by atoms with Gasteiger partial charge < -0.3 is 4.90 Å². The molecule has 25 heavy (non-hydrogen) atoms. The number of carbonyl (C=O) groups is 1. The van der Waals surface area contributed by atoms with Crippen LogP contribution in [0.25, 0.3) is 0 Å². The summed E-state index contributed by atoms with van der Waals surface area (Å²) in [4.78, 5) is 16.9. The highest BCUT2D eigenvalue weighted by atomic mass is 16.2. The SMILES string of the molecule is CCCN(CCC)Cc1ccc(N(C)C(=O)c2ccccc2C)cc1. The summed E-state index contributed by atoms with van der Waals surface area (Å²) in [5.74, 6) is 0.0319. The van der Waals surface area contributed by atoms with Gasteiger partial charge in [0.15, 0.2) is 0 Å². The third kappa shape index (κ3) is 5.17. The molecule has 0 aliphatic heterocycles. The van der Waals surface area contributed by atoms with Crippen molar-refractivity contribution in [3.05, 3.63) is 65.2 Å². The van der Waals surface area contributed by atoms with E-state index in [1.54, 1.807) is 4.90 Å². The lowest BCUT2D eigenvalue weighted by Crippen LogP contribution is -2.27. The first kappa shape index (κ1) is 19.2. The molecule has 0 saturated heterocycles. The Morgan fingerprint density at radius 1 is 0.920 bits per heavy atom. The first-order valence-corrected chi connectivity index (χ1v) is 9.21. The lowest BCUT2D eigenvalue weighted by atomic mass is 10.1. The van der Waals surface area contributed by atoms with Crippen molar-refractivity contribution in [2.75, 3.05) is 25.0 Å². The second-order valence-electron chi connectivity index (χ2n) is 6.62. The summed E-state index contributed by atoms with van der Waals surface area (Å²) < 4.78 is 0. The van der Waals surface area contributed by atoms with Crippen LogP contribution in [-0.2, 0) is 6.54 Å². The van der Waals surface area contributed by atoms with Crippen LogP contribution in [0.15, 0.2) is 48.5 Å². The summed E-state index contributed by atoms with van der Waals surface area (Å²) in [6, 6.07) is 16.1. The Balaban J connectivity index is 2.08. The van der Waals surface area contributed by atoms with Crippen LogP contribution in [0.4, 0.5) is 5.69 Å². The Labute approximate surface area is 152 Å². The lowest BCUT2D eigenvalue weighted by Gasteiger charge is -2.22. The van der Waals surface area contributed by atoms with Crippen LogP contribution in [0.1, 0.15) is 48.2 Å². The maximum absolute atomic E-state index is 12.7. The maximum atomic E-state index is 12.7. The van der Waals surface area contributed by atoms with Gasteiger partial charge in [-0.3, -0.25) is 9.69 Å². The number of nitrogens with zero attached hydrogens (tertiary/aromatic N) is 2. The summed E-state index contributed by atoms with van der Waals surface area (Å²) in [7, 11) is 1.84. The van der Waals surface area contributed by atoms with Gasteiger partial charge in [0.05, 0.1) is 0 Å². The van der Waals surface area contributed by atoms with Crippen LogP contribution in [-0.4, -0.2) is 30.9 Å². The molecule has 0 fully saturated rings. The van der Waals surface area contributed by atoms with Crippen LogP contribution < -0.4 is 4.90 Å². The largest absolute Gasteiger partial charge is 0.311 e. The molecule has 2 aromatic carbocycles. The standard InChI is InChI=1S/C22H30N2O/c1-5-15-24(16-6-2)17-19-11-13-20(14-12-19)23(4)22(25)21-10-8-7-9-18(21)3/h7-14H,5-6,15-17H2,1-4H3. The van der Waals surface area contributed by atoms with E-state index in [0.717, 1.165) is 36.4 Å². The normalized spacial score (nSPS) is 10.9. The van der Waals surface area contributed by atoms with Gasteiger partial charge in [0.1, 0.15) is 0 Å². The maximum Gasteiger partial charge on any atom is 0.258 e. The van der Waals surface area contributed by atoms with Gasteiger partial charge in [0.25, 0.3) is 5.91 Å². The molecular weight excluding hydrogens is 308 g/mol. The van der Waals surface area contributed by atoms with E-state index in [1.807, 2.05) is 50.4 Å². The van der Waals surface area contributed by atoms with Crippen LogP contribution in [0.2, 0.25) is 0 Å². The van der Waals surface area contributed by atoms with Crippen LogP contribution in [0.5, 0.6) is 0 Å². The van der Waals surface area contributed by atoms with Crippen molar-refractivity contribution in [1.82, 2.24) is 4.90 Å². The number of anilines is 1. The van der Waals surface area contributed by atoms with E-state index in [4.69, 9.17) is 0 Å². The van der Waals surface area contributed by atoms with E-state index in [1.165, 1.54) is 18.4 Å². The quantitative estimate of drug-likeness (QED) is 0.684. The molecule has 0 radical (unpaired) electrons. The van der Waals surface area contributed by atoms with Crippen molar-refractivity contribution in [2.45, 2.75) is 40.2 Å². The number of hydrogen-bond acceptors (Lipinski definition) is 2. The average Bonchev–Trinajstić information content (AvgIpc) is 2.62. The van der Waals surface area contributed by atoms with Crippen molar-refractivity contribution in [1.29, 1.82) is 0 Å². The second-order valence-corrected chi connectivity index (χ2v) is 6.62. The molecular formula is C22H30N2O. The minimum atomic E-state index is 0.0319. The predicted octanol–water partition coefficient (Wildman–Crippen LogP) is 4.89. The highest BCUT2D eigenvalue weighted by Crippen LogP contribution is 2.19. The van der Waals surface area contributed by atoms with E-state index < -0.39 is 0 Å². The summed E-state index contributed by atoms with van der Waals surface area (Å²) in [5, 5.41) is 0. The first-order chi connectivity index (χ1) is 12.1. The molecule has 0 heterocycles. The van der Waals surface area contributed by atoms with E-state index >= 15 is 0 Å². The number of benzene rings is 2. The molecule has 1 amide bonds. The molecule has 0 spiro atoms. The molecule has 134 valence electrons. The van der Waals surface area contributed by atoms with Gasteiger partial charge in [0.2, 0.25) is 0 Å². The lowest BCUT2D eigenvalue weighted by molar-refractivity contribution is 0.0992. The van der Waals surface area contributed by atoms with Gasteiger partial charge in [-0.2, -0.15) is 0 Å². The highest BCUT2D eigenvalue weighted by Gasteiger charge is 2.15. The summed E-state index contributed by atoms with van der Waals surface area (Å²) in [6.07, 6.45) is 2.34. The third-order valence-electron chi connectivity index (χ3n) is 4.49. The molecule has 3 nitrogen and oxygen atoms in total. The van der Waals surface area contributed by atoms with Crippen LogP contribution in [0.3, 0.4) is 0 Å². The second kappa shape index (κ2) is 9.38. The Bertz CT molecular complexity index is 673. The minimum absolute atomic E-state index is 0.0319. The highest BCUT2D eigenvalue weighted by molar-refractivity contribution is 6.06. The number of hydrogen-bond donors (Lipinski definition) is 0. The van der Waals surface area contributed by atoms with Gasteiger partial charge in [0, 0.05) is 24.8 Å². The molecule has 0 unspecified atom stereocenters. The molecule has 0 aliphatic carbocycles. The molecule has 0 saturated carbocycles. The van der Waals surface area contributed by atoms with Gasteiger partial charge in [-0.05, 0) is 62.2 Å². The van der Waals surface area contributed by atoms with Gasteiger partial charge in [-0.1, -0.05) is 44.2 Å². The third-order valence-corrected chi connectivity index (χ3v) is 4.49. The van der Waals surface area contributed by atoms with Gasteiger partial charge >= 0.3 is 0 Å². The Morgan fingerprint density at radius 2 is 1.52 bits per heavy atom. The summed E-state index contributed by atoms with van der Waals surface area (Å²) in [5.41, 5.74) is 3.98. The number of carbonyl (C=O) groups excluding carboxylic acids is 1. The van der Waals surface area contributed by atoms with E-state index in [9.17, 15) is 4.79 Å². The summed E-state index contributed by atoms with van der Waals surface area (Å²) in [6.45, 7) is 9.63. The van der Waals surface area contributed by atoms with Crippen molar-refractivity contribution >= 4 is 11.6 Å². The van der Waals surface area contributed by atoms with Gasteiger partial charge in [-0.15, -0.1) is 0 Å². The molecule has 0 aromatic heterocycles. The fourth-order valence-electron chi connectivity index (χ4n) is 3.10. The fourth-order valence-corrected chi connectivity index (χ4v) is 3.10. The van der Waals surface area contributed by atoms with E-state index in [0.29, 0.717) is 0 Å². The smallest absolute Gasteiger partial charge is 0.258 e. The van der Waals surface area contributed by atoms with Crippen LogP contribution >= 0.6 is 0 Å². The number of aryl methyl sites for hydroxylation is 1. The minimum Gasteiger partial charge on any atom is -0.311 e.